The van der Waals surface area contributed by atoms with Gasteiger partial charge in [-0.25, -0.2) is 4.85 Å². The number of benzene rings is 1. The quantitative estimate of drug-likeness (QED) is 0.797. The maximum Gasteiger partial charge on any atom is 0.288 e. The number of allylic oxidation sites excluding steroid dienone is 3. The van der Waals surface area contributed by atoms with Crippen LogP contribution in [-0.2, 0) is 0 Å². The number of dihydropyridines is 1. The minimum atomic E-state index is -3.17. The highest BCUT2D eigenvalue weighted by atomic mass is 19.3. The van der Waals surface area contributed by atoms with Gasteiger partial charge in [-0.15, -0.1) is 0 Å². The topological polar surface area (TPSA) is 68.9 Å². The van der Waals surface area contributed by atoms with Crippen molar-refractivity contribution in [2.75, 3.05) is 0 Å². The third-order valence-corrected chi connectivity index (χ3v) is 4.68. The number of nitriles is 1. The first-order valence-electron chi connectivity index (χ1n) is 8.16. The molecule has 26 heavy (non-hydrogen) atoms. The summed E-state index contributed by atoms with van der Waals surface area (Å²) < 4.78 is 28.9. The fourth-order valence-corrected chi connectivity index (χ4v) is 3.21. The lowest BCUT2D eigenvalue weighted by atomic mass is 9.82. The first-order valence-corrected chi connectivity index (χ1v) is 8.16. The molecule has 1 atom stereocenters. The molecule has 3 rings (SSSR count). The van der Waals surface area contributed by atoms with Gasteiger partial charge >= 0.3 is 0 Å². The molecule has 0 bridgehead atoms. The van der Waals surface area contributed by atoms with Gasteiger partial charge in [0.1, 0.15) is 0 Å². The van der Waals surface area contributed by atoms with Gasteiger partial charge < -0.3 is 5.32 Å². The lowest BCUT2D eigenvalue weighted by Crippen LogP contribution is -2.35. The number of halogens is 2. The maximum atomic E-state index is 14.4. The minimum absolute atomic E-state index is 0.117. The number of nitrogens with zero attached hydrogens (tertiary/aromatic N) is 3. The van der Waals surface area contributed by atoms with Crippen molar-refractivity contribution in [3.05, 3.63) is 63.5 Å². The molecule has 1 aliphatic rings. The molecule has 0 spiro atoms. The van der Waals surface area contributed by atoms with Gasteiger partial charge in [0.25, 0.3) is 5.92 Å². The van der Waals surface area contributed by atoms with E-state index in [1.807, 2.05) is 19.1 Å². The summed E-state index contributed by atoms with van der Waals surface area (Å²) in [6.07, 6.45) is -0.437. The van der Waals surface area contributed by atoms with Crippen LogP contribution >= 0.6 is 0 Å². The van der Waals surface area contributed by atoms with Crippen molar-refractivity contribution in [3.8, 4) is 6.07 Å². The second-order valence-corrected chi connectivity index (χ2v) is 6.26. The van der Waals surface area contributed by atoms with Crippen molar-refractivity contribution in [2.24, 2.45) is 0 Å². The highest BCUT2D eigenvalue weighted by molar-refractivity contribution is 5.82. The molecule has 2 aromatic rings. The zero-order chi connectivity index (χ0) is 19.1. The Kier molecular flexibility index (Phi) is 4.25. The standard InChI is InChI=1S/C19H17F2N5/c1-5-19(20,21)18-14(9-22)16(17(23-4)11(3)24-18)12-6-7-15-13(8-12)10(2)25-26-15/h6-8,16,24H,5H2,1-3H3,(H,25,26). The van der Waals surface area contributed by atoms with Crippen LogP contribution < -0.4 is 5.32 Å². The summed E-state index contributed by atoms with van der Waals surface area (Å²) in [5.74, 6) is -4.00. The highest BCUT2D eigenvalue weighted by Gasteiger charge is 2.41. The van der Waals surface area contributed by atoms with Crippen molar-refractivity contribution >= 4 is 10.9 Å². The van der Waals surface area contributed by atoms with E-state index >= 15 is 0 Å². The van der Waals surface area contributed by atoms with E-state index in [9.17, 15) is 14.0 Å². The second kappa shape index (κ2) is 6.27. The Morgan fingerprint density at radius 2 is 2.12 bits per heavy atom. The molecule has 0 radical (unpaired) electrons. The van der Waals surface area contributed by atoms with Crippen molar-refractivity contribution in [3.63, 3.8) is 0 Å². The zero-order valence-corrected chi connectivity index (χ0v) is 14.6. The lowest BCUT2D eigenvalue weighted by Gasteiger charge is -2.31. The molecular formula is C19H17F2N5. The molecule has 132 valence electrons. The normalized spacial score (nSPS) is 17.9. The Hall–Kier alpha value is -3.19. The first kappa shape index (κ1) is 17.6. The van der Waals surface area contributed by atoms with E-state index in [1.165, 1.54) is 6.92 Å². The summed E-state index contributed by atoms with van der Waals surface area (Å²) in [6.45, 7) is 12.3. The van der Waals surface area contributed by atoms with E-state index in [0.29, 0.717) is 11.3 Å². The van der Waals surface area contributed by atoms with Crippen molar-refractivity contribution in [2.45, 2.75) is 39.0 Å². The first-order chi connectivity index (χ1) is 12.3. The van der Waals surface area contributed by atoms with Crippen molar-refractivity contribution in [1.29, 1.82) is 5.26 Å². The van der Waals surface area contributed by atoms with Crippen LogP contribution in [0.4, 0.5) is 8.78 Å². The largest absolute Gasteiger partial charge is 0.367 e. The number of nitrogens with one attached hydrogen (secondary N) is 2. The van der Waals surface area contributed by atoms with Crippen LogP contribution in [-0.4, -0.2) is 16.1 Å². The molecular weight excluding hydrogens is 336 g/mol. The smallest absolute Gasteiger partial charge is 0.288 e. The number of H-pyrrole nitrogens is 1. The minimum Gasteiger partial charge on any atom is -0.367 e. The number of alkyl halides is 2. The van der Waals surface area contributed by atoms with Crippen LogP contribution in [0.1, 0.15) is 37.4 Å². The fraction of sp³-hybridized carbons (Fsp3) is 0.316. The van der Waals surface area contributed by atoms with Gasteiger partial charge in [0.15, 0.2) is 5.70 Å². The maximum absolute atomic E-state index is 14.4. The van der Waals surface area contributed by atoms with E-state index in [-0.39, 0.29) is 11.3 Å². The molecule has 1 unspecified atom stereocenters. The third-order valence-electron chi connectivity index (χ3n) is 4.68. The van der Waals surface area contributed by atoms with Gasteiger partial charge in [0.2, 0.25) is 0 Å². The molecule has 2 N–H and O–H groups in total. The Bertz CT molecular complexity index is 1030. The Balaban J connectivity index is 2.28. The van der Waals surface area contributed by atoms with Gasteiger partial charge in [-0.05, 0) is 31.5 Å². The van der Waals surface area contributed by atoms with Crippen LogP contribution in [0.25, 0.3) is 15.7 Å². The number of hydrogen-bond acceptors (Lipinski definition) is 3. The summed E-state index contributed by atoms with van der Waals surface area (Å²) in [5.41, 5.74) is 2.26. The average Bonchev–Trinajstić information content (AvgIpc) is 3.01. The van der Waals surface area contributed by atoms with Gasteiger partial charge in [0, 0.05) is 23.2 Å². The summed E-state index contributed by atoms with van der Waals surface area (Å²) in [6, 6.07) is 7.22. The second-order valence-electron chi connectivity index (χ2n) is 6.26. The summed E-state index contributed by atoms with van der Waals surface area (Å²) in [5, 5.41) is 20.1. The molecule has 0 saturated heterocycles. The van der Waals surface area contributed by atoms with Gasteiger partial charge in [-0.2, -0.15) is 19.1 Å². The molecule has 0 aliphatic carbocycles. The molecule has 5 nitrogen and oxygen atoms in total. The highest BCUT2D eigenvalue weighted by Crippen LogP contribution is 2.43. The Morgan fingerprint density at radius 3 is 2.73 bits per heavy atom. The van der Waals surface area contributed by atoms with E-state index in [1.54, 1.807) is 19.1 Å². The number of fused-ring (bicyclic) bond motifs is 1. The predicted molar refractivity (Wildman–Crippen MR) is 93.9 cm³/mol. The number of aromatic amines is 1. The SMILES string of the molecule is [C-]#[N+]C1=C(C)NC(C(F)(F)CC)=C(C#N)C1c1ccc2n[nH]c(C)c2c1. The summed E-state index contributed by atoms with van der Waals surface area (Å²) in [7, 11) is 0. The van der Waals surface area contributed by atoms with Crippen LogP contribution in [0.15, 0.2) is 40.9 Å². The molecule has 0 saturated carbocycles. The summed E-state index contributed by atoms with van der Waals surface area (Å²) in [4.78, 5) is 3.53. The molecule has 1 aromatic carbocycles. The fourth-order valence-electron chi connectivity index (χ4n) is 3.21. The van der Waals surface area contributed by atoms with Crippen molar-refractivity contribution < 1.29 is 8.78 Å². The van der Waals surface area contributed by atoms with E-state index < -0.39 is 24.0 Å². The van der Waals surface area contributed by atoms with Crippen LogP contribution in [0.2, 0.25) is 0 Å². The molecule has 1 aromatic heterocycles. The van der Waals surface area contributed by atoms with E-state index in [4.69, 9.17) is 6.57 Å². The molecule has 0 amide bonds. The molecule has 2 heterocycles. The van der Waals surface area contributed by atoms with Gasteiger partial charge in [-0.3, -0.25) is 5.10 Å². The van der Waals surface area contributed by atoms with E-state index in [2.05, 4.69) is 20.4 Å². The van der Waals surface area contributed by atoms with Crippen LogP contribution in [0.3, 0.4) is 0 Å². The Labute approximate surface area is 149 Å². The van der Waals surface area contributed by atoms with Crippen LogP contribution in [0.5, 0.6) is 0 Å². The number of aryl methyl sites for hydroxylation is 1. The lowest BCUT2D eigenvalue weighted by molar-refractivity contribution is 0.0300. The molecule has 1 aliphatic heterocycles. The average molecular weight is 353 g/mol. The predicted octanol–water partition coefficient (Wildman–Crippen LogP) is 4.53. The Morgan fingerprint density at radius 1 is 1.38 bits per heavy atom. The van der Waals surface area contributed by atoms with Crippen LogP contribution in [0, 0.1) is 24.8 Å². The third kappa shape index (κ3) is 2.62. The van der Waals surface area contributed by atoms with Crippen molar-refractivity contribution in [1.82, 2.24) is 15.5 Å². The summed E-state index contributed by atoms with van der Waals surface area (Å²) >= 11 is 0. The monoisotopic (exact) mass is 353 g/mol. The molecule has 7 heteroatoms. The number of aromatic nitrogens is 2. The van der Waals surface area contributed by atoms with Gasteiger partial charge in [0.05, 0.1) is 35.3 Å². The number of hydrogen-bond donors (Lipinski definition) is 2. The molecule has 0 fully saturated rings. The van der Waals surface area contributed by atoms with Gasteiger partial charge in [-0.1, -0.05) is 13.0 Å². The van der Waals surface area contributed by atoms with E-state index in [0.717, 1.165) is 16.6 Å². The zero-order valence-electron chi connectivity index (χ0n) is 14.6. The number of rotatable bonds is 3.